The molecule has 0 rings (SSSR count). The van der Waals surface area contributed by atoms with Crippen molar-refractivity contribution in [3.05, 3.63) is 0 Å². The number of hydrogen-bond donors (Lipinski definition) is 6. The zero-order valence-electron chi connectivity index (χ0n) is 5.67. The summed E-state index contributed by atoms with van der Waals surface area (Å²) in [4.78, 5) is 8.51. The number of aliphatic hydroxyl groups is 2. The SMILES string of the molecule is N=C(N)NOP(=O)(O)OC(O)O. The van der Waals surface area contributed by atoms with Crippen LogP contribution in [0, 0.1) is 5.41 Å². The van der Waals surface area contributed by atoms with E-state index in [4.69, 9.17) is 20.5 Å². The lowest BCUT2D eigenvalue weighted by molar-refractivity contribution is -0.191. The summed E-state index contributed by atoms with van der Waals surface area (Å²) in [6, 6.07) is 0. The topological polar surface area (TPSA) is 158 Å². The molecule has 0 spiro atoms. The molecule has 0 aromatic rings. The van der Waals surface area contributed by atoms with Gasteiger partial charge < -0.3 is 20.8 Å². The number of phosphoric ester groups is 1. The fourth-order valence-corrected chi connectivity index (χ4v) is 0.743. The maximum atomic E-state index is 10.5. The molecular weight excluding hydrogens is 193 g/mol. The molecule has 1 unspecified atom stereocenters. The molecule has 0 saturated heterocycles. The lowest BCUT2D eigenvalue weighted by atomic mass is 11.1. The molecule has 0 heterocycles. The van der Waals surface area contributed by atoms with E-state index in [0.29, 0.717) is 0 Å². The van der Waals surface area contributed by atoms with Crippen LogP contribution < -0.4 is 11.2 Å². The van der Waals surface area contributed by atoms with Gasteiger partial charge in [0.2, 0.25) is 5.96 Å². The van der Waals surface area contributed by atoms with E-state index in [1.54, 1.807) is 0 Å². The summed E-state index contributed by atoms with van der Waals surface area (Å²) in [7, 11) is -4.63. The van der Waals surface area contributed by atoms with Gasteiger partial charge in [0.25, 0.3) is 6.48 Å². The predicted molar refractivity (Wildman–Crippen MR) is 35.3 cm³/mol. The van der Waals surface area contributed by atoms with Gasteiger partial charge in [0.05, 0.1) is 0 Å². The van der Waals surface area contributed by atoms with Gasteiger partial charge in [0.1, 0.15) is 0 Å². The Morgan fingerprint density at radius 2 is 2.17 bits per heavy atom. The molecule has 10 heteroatoms. The van der Waals surface area contributed by atoms with Crippen LogP contribution in [0.3, 0.4) is 0 Å². The Hall–Kier alpha value is -0.700. The normalized spacial score (nSPS) is 15.7. The Labute approximate surface area is 66.8 Å². The highest BCUT2D eigenvalue weighted by atomic mass is 31.2. The summed E-state index contributed by atoms with van der Waals surface area (Å²) in [6.45, 7) is -2.45. The standard InChI is InChI=1S/C2H8N3O6P/c3-1(4)5-11-12(8,9)10-2(6)7/h2,6-7H,(H,8,9)(H4,3,4,5). The summed E-state index contributed by atoms with van der Waals surface area (Å²) in [5.41, 5.74) is 6.16. The zero-order chi connectivity index (χ0) is 9.78. The monoisotopic (exact) mass is 201 g/mol. The van der Waals surface area contributed by atoms with Crippen LogP contribution in [0.5, 0.6) is 0 Å². The maximum absolute atomic E-state index is 10.5. The number of hydroxylamine groups is 1. The maximum Gasteiger partial charge on any atom is 0.497 e. The summed E-state index contributed by atoms with van der Waals surface area (Å²) < 4.78 is 17.8. The predicted octanol–water partition coefficient (Wildman–Crippen LogP) is -2.21. The molecule has 0 aromatic heterocycles. The first-order valence-corrected chi connectivity index (χ1v) is 3.99. The fraction of sp³-hybridized carbons (Fsp3) is 0.500. The van der Waals surface area contributed by atoms with Gasteiger partial charge in [-0.3, -0.25) is 5.41 Å². The van der Waals surface area contributed by atoms with Crippen molar-refractivity contribution >= 4 is 13.8 Å². The minimum Gasteiger partial charge on any atom is -0.368 e. The van der Waals surface area contributed by atoms with Gasteiger partial charge in [-0.15, -0.1) is 0 Å². The number of aliphatic hydroxyl groups excluding tert-OH is 1. The number of hydrogen-bond acceptors (Lipinski definition) is 6. The van der Waals surface area contributed by atoms with Crippen LogP contribution >= 0.6 is 7.82 Å². The van der Waals surface area contributed by atoms with Crippen molar-refractivity contribution in [2.45, 2.75) is 6.48 Å². The number of guanidine groups is 1. The molecule has 0 aromatic carbocycles. The van der Waals surface area contributed by atoms with E-state index in [-0.39, 0.29) is 0 Å². The zero-order valence-corrected chi connectivity index (χ0v) is 6.56. The van der Waals surface area contributed by atoms with Gasteiger partial charge >= 0.3 is 7.82 Å². The van der Waals surface area contributed by atoms with Gasteiger partial charge in [0, 0.05) is 0 Å². The Bertz CT molecular complexity index is 205. The van der Waals surface area contributed by atoms with Crippen molar-refractivity contribution < 1.29 is 28.8 Å². The second-order valence-corrected chi connectivity index (χ2v) is 2.84. The van der Waals surface area contributed by atoms with E-state index in [2.05, 4.69) is 14.9 Å². The van der Waals surface area contributed by atoms with Crippen LogP contribution in [0.1, 0.15) is 0 Å². The van der Waals surface area contributed by atoms with Crippen molar-refractivity contribution in [1.82, 2.24) is 5.48 Å². The second-order valence-electron chi connectivity index (χ2n) is 1.51. The van der Waals surface area contributed by atoms with Gasteiger partial charge in [-0.2, -0.15) is 4.62 Å². The molecule has 0 saturated carbocycles. The number of rotatable bonds is 4. The molecule has 0 bridgehead atoms. The Kier molecular flexibility index (Phi) is 4.10. The number of phosphoric acid groups is 1. The van der Waals surface area contributed by atoms with Crippen LogP contribution in [-0.4, -0.2) is 27.5 Å². The lowest BCUT2D eigenvalue weighted by Gasteiger charge is -2.12. The molecule has 0 aliphatic heterocycles. The third-order valence-electron chi connectivity index (χ3n) is 0.498. The van der Waals surface area contributed by atoms with Crippen LogP contribution in [-0.2, 0) is 13.7 Å². The molecule has 0 aliphatic rings. The van der Waals surface area contributed by atoms with E-state index >= 15 is 0 Å². The minimum atomic E-state index is -4.63. The first-order chi connectivity index (χ1) is 5.33. The number of nitrogens with one attached hydrogen (secondary N) is 2. The average Bonchev–Trinajstić information content (AvgIpc) is 1.81. The smallest absolute Gasteiger partial charge is 0.368 e. The summed E-state index contributed by atoms with van der Waals surface area (Å²) in [6.07, 6.45) is 0. The Balaban J connectivity index is 3.88. The molecule has 0 amide bonds. The first-order valence-electron chi connectivity index (χ1n) is 2.49. The summed E-state index contributed by atoms with van der Waals surface area (Å²) >= 11 is 0. The largest absolute Gasteiger partial charge is 0.497 e. The van der Waals surface area contributed by atoms with Crippen LogP contribution in [0.15, 0.2) is 0 Å². The minimum absolute atomic E-state index is 0.736. The van der Waals surface area contributed by atoms with Crippen molar-refractivity contribution in [2.75, 3.05) is 0 Å². The fourth-order valence-electron chi connectivity index (χ4n) is 0.248. The van der Waals surface area contributed by atoms with Gasteiger partial charge in [-0.25, -0.2) is 14.6 Å². The molecule has 12 heavy (non-hydrogen) atoms. The molecular formula is C2H8N3O6P. The average molecular weight is 201 g/mol. The van der Waals surface area contributed by atoms with E-state index in [1.165, 1.54) is 5.48 Å². The van der Waals surface area contributed by atoms with Gasteiger partial charge in [0.15, 0.2) is 0 Å². The van der Waals surface area contributed by atoms with Crippen LogP contribution in [0.25, 0.3) is 0 Å². The molecule has 72 valence electrons. The van der Waals surface area contributed by atoms with Crippen molar-refractivity contribution in [3.8, 4) is 0 Å². The first kappa shape index (κ1) is 11.3. The van der Waals surface area contributed by atoms with Crippen LogP contribution in [0.4, 0.5) is 0 Å². The molecule has 0 fully saturated rings. The third-order valence-corrected chi connectivity index (χ3v) is 1.28. The van der Waals surface area contributed by atoms with E-state index < -0.39 is 20.3 Å². The van der Waals surface area contributed by atoms with Crippen molar-refractivity contribution in [1.29, 1.82) is 5.41 Å². The van der Waals surface area contributed by atoms with Crippen molar-refractivity contribution in [2.24, 2.45) is 5.73 Å². The van der Waals surface area contributed by atoms with Crippen LogP contribution in [0.2, 0.25) is 0 Å². The molecule has 0 aliphatic carbocycles. The van der Waals surface area contributed by atoms with E-state index in [9.17, 15) is 4.57 Å². The Morgan fingerprint density at radius 3 is 2.50 bits per heavy atom. The van der Waals surface area contributed by atoms with E-state index in [1.807, 2.05) is 0 Å². The highest BCUT2D eigenvalue weighted by molar-refractivity contribution is 7.47. The molecule has 0 radical (unpaired) electrons. The summed E-state index contributed by atoms with van der Waals surface area (Å²) in [5.74, 6) is -0.736. The highest BCUT2D eigenvalue weighted by Crippen LogP contribution is 2.42. The quantitative estimate of drug-likeness (QED) is 0.0981. The molecule has 1 atom stereocenters. The number of nitrogens with two attached hydrogens (primary N) is 1. The van der Waals surface area contributed by atoms with E-state index in [0.717, 1.165) is 0 Å². The molecule has 7 N–H and O–H groups in total. The molecule has 9 nitrogen and oxygen atoms in total. The summed E-state index contributed by atoms with van der Waals surface area (Å²) in [5, 5.41) is 22.6. The van der Waals surface area contributed by atoms with Gasteiger partial charge in [-0.05, 0) is 0 Å². The second kappa shape index (κ2) is 4.36. The lowest BCUT2D eigenvalue weighted by Crippen LogP contribution is -2.30. The Morgan fingerprint density at radius 1 is 1.67 bits per heavy atom. The van der Waals surface area contributed by atoms with Crippen molar-refractivity contribution in [3.63, 3.8) is 0 Å². The third kappa shape index (κ3) is 6.04. The van der Waals surface area contributed by atoms with Gasteiger partial charge in [-0.1, -0.05) is 0 Å². The highest BCUT2D eigenvalue weighted by Gasteiger charge is 2.25.